The lowest BCUT2D eigenvalue weighted by Gasteiger charge is -2.13. The second kappa shape index (κ2) is 7.00. The molecule has 0 fully saturated rings. The van der Waals surface area contributed by atoms with E-state index < -0.39 is 0 Å². The van der Waals surface area contributed by atoms with Crippen LogP contribution in [0.15, 0.2) is 24.0 Å². The van der Waals surface area contributed by atoms with Crippen molar-refractivity contribution in [3.63, 3.8) is 0 Å². The first-order chi connectivity index (χ1) is 10.1. The molecule has 1 N–H and O–H groups in total. The standard InChI is InChI=1S/C14H15N3S2.C2H6/c1-8(2)17-13-9(3)5-16-14-10(13)4-11(19-14)12-6-15-7-18-12;1-2/h4-8H,1-3H3,(H,16,17);1-2H3. The number of thiophene rings is 1. The molecule has 0 spiro atoms. The molecule has 3 rings (SSSR count). The predicted molar refractivity (Wildman–Crippen MR) is 95.6 cm³/mol. The molecule has 0 aliphatic rings. The Bertz CT molecular complexity index is 700. The van der Waals surface area contributed by atoms with E-state index in [2.05, 4.69) is 42.1 Å². The SMILES string of the molecule is CC.Cc1cnc2sc(-c3cncs3)cc2c1NC(C)C. The van der Waals surface area contributed by atoms with Gasteiger partial charge in [0.05, 0.1) is 10.4 Å². The molecule has 21 heavy (non-hydrogen) atoms. The average molecular weight is 319 g/mol. The van der Waals surface area contributed by atoms with Gasteiger partial charge >= 0.3 is 0 Å². The molecule has 0 atom stereocenters. The number of aromatic nitrogens is 2. The van der Waals surface area contributed by atoms with Crippen LogP contribution in [0.4, 0.5) is 5.69 Å². The van der Waals surface area contributed by atoms with E-state index in [0.29, 0.717) is 6.04 Å². The molecule has 0 unspecified atom stereocenters. The molecule has 0 aromatic carbocycles. The van der Waals surface area contributed by atoms with Crippen molar-refractivity contribution in [2.75, 3.05) is 5.32 Å². The van der Waals surface area contributed by atoms with Crippen molar-refractivity contribution >= 4 is 38.6 Å². The maximum absolute atomic E-state index is 4.54. The molecule has 0 aliphatic carbocycles. The lowest BCUT2D eigenvalue weighted by atomic mass is 10.1. The Labute approximate surface area is 134 Å². The summed E-state index contributed by atoms with van der Waals surface area (Å²) in [7, 11) is 0. The molecule has 3 heterocycles. The first kappa shape index (κ1) is 15.9. The highest BCUT2D eigenvalue weighted by Gasteiger charge is 2.12. The predicted octanol–water partition coefficient (Wildman–Crippen LogP) is 5.57. The Balaban J connectivity index is 0.000000774. The summed E-state index contributed by atoms with van der Waals surface area (Å²) < 4.78 is 0. The highest BCUT2D eigenvalue weighted by molar-refractivity contribution is 7.25. The molecule has 112 valence electrons. The van der Waals surface area contributed by atoms with E-state index in [-0.39, 0.29) is 0 Å². The van der Waals surface area contributed by atoms with Crippen molar-refractivity contribution in [3.05, 3.63) is 29.5 Å². The van der Waals surface area contributed by atoms with Crippen LogP contribution < -0.4 is 5.32 Å². The van der Waals surface area contributed by atoms with Crippen molar-refractivity contribution in [2.24, 2.45) is 0 Å². The lowest BCUT2D eigenvalue weighted by Crippen LogP contribution is -2.11. The van der Waals surface area contributed by atoms with Crippen LogP contribution in [-0.2, 0) is 0 Å². The summed E-state index contributed by atoms with van der Waals surface area (Å²) >= 11 is 3.39. The van der Waals surface area contributed by atoms with Crippen LogP contribution in [0.2, 0.25) is 0 Å². The number of hydrogen-bond donors (Lipinski definition) is 1. The van der Waals surface area contributed by atoms with Crippen LogP contribution in [0, 0.1) is 6.92 Å². The van der Waals surface area contributed by atoms with Crippen LogP contribution in [0.25, 0.3) is 20.0 Å². The largest absolute Gasteiger partial charge is 0.382 e. The summed E-state index contributed by atoms with van der Waals surface area (Å²) in [5, 5.41) is 4.74. The van der Waals surface area contributed by atoms with Gasteiger partial charge in [0.2, 0.25) is 0 Å². The average Bonchev–Trinajstić information content (AvgIpc) is 3.12. The fraction of sp³-hybridized carbons (Fsp3) is 0.375. The Morgan fingerprint density at radius 1 is 1.14 bits per heavy atom. The summed E-state index contributed by atoms with van der Waals surface area (Å²) in [5.41, 5.74) is 4.26. The van der Waals surface area contributed by atoms with Gasteiger partial charge in [-0.25, -0.2) is 4.98 Å². The molecule has 0 bridgehead atoms. The number of rotatable bonds is 3. The van der Waals surface area contributed by atoms with Gasteiger partial charge in [0.1, 0.15) is 4.83 Å². The Morgan fingerprint density at radius 2 is 1.90 bits per heavy atom. The Morgan fingerprint density at radius 3 is 2.52 bits per heavy atom. The van der Waals surface area contributed by atoms with Crippen molar-refractivity contribution in [1.29, 1.82) is 0 Å². The molecular formula is C16H21N3S2. The van der Waals surface area contributed by atoms with Crippen LogP contribution in [0.3, 0.4) is 0 Å². The topological polar surface area (TPSA) is 37.8 Å². The molecular weight excluding hydrogens is 298 g/mol. The molecule has 0 radical (unpaired) electrons. The maximum Gasteiger partial charge on any atom is 0.125 e. The fourth-order valence-corrected chi connectivity index (χ4v) is 3.74. The summed E-state index contributed by atoms with van der Waals surface area (Å²) in [6.45, 7) is 10.4. The number of hydrogen-bond acceptors (Lipinski definition) is 5. The van der Waals surface area contributed by atoms with Crippen molar-refractivity contribution in [2.45, 2.75) is 40.7 Å². The summed E-state index contributed by atoms with van der Waals surface area (Å²) in [6.07, 6.45) is 3.86. The second-order valence-corrected chi connectivity index (χ2v) is 6.73. The quantitative estimate of drug-likeness (QED) is 0.685. The number of nitrogens with zero attached hydrogens (tertiary/aromatic N) is 2. The maximum atomic E-state index is 4.54. The van der Waals surface area contributed by atoms with Crippen molar-refractivity contribution in [1.82, 2.24) is 9.97 Å². The smallest absolute Gasteiger partial charge is 0.125 e. The minimum absolute atomic E-state index is 0.413. The van der Waals surface area contributed by atoms with E-state index in [1.54, 1.807) is 22.7 Å². The number of aryl methyl sites for hydroxylation is 1. The number of anilines is 1. The Kier molecular flexibility index (Phi) is 5.31. The van der Waals surface area contributed by atoms with Gasteiger partial charge in [-0.05, 0) is 32.4 Å². The molecule has 0 saturated carbocycles. The molecule has 5 heteroatoms. The van der Waals surface area contributed by atoms with Gasteiger partial charge in [-0.15, -0.1) is 22.7 Å². The number of fused-ring (bicyclic) bond motifs is 1. The van der Waals surface area contributed by atoms with E-state index in [1.165, 1.54) is 26.4 Å². The van der Waals surface area contributed by atoms with Gasteiger partial charge in [0, 0.05) is 34.4 Å². The zero-order chi connectivity index (χ0) is 15.4. The van der Waals surface area contributed by atoms with Gasteiger partial charge in [-0.3, -0.25) is 4.98 Å². The third-order valence-corrected chi connectivity index (χ3v) is 4.87. The first-order valence-electron chi connectivity index (χ1n) is 7.19. The van der Waals surface area contributed by atoms with E-state index in [1.807, 2.05) is 31.8 Å². The van der Waals surface area contributed by atoms with Gasteiger partial charge in [0.25, 0.3) is 0 Å². The van der Waals surface area contributed by atoms with E-state index in [4.69, 9.17) is 0 Å². The third kappa shape index (κ3) is 3.41. The Hall–Kier alpha value is -1.46. The van der Waals surface area contributed by atoms with Gasteiger partial charge in [-0.2, -0.15) is 0 Å². The molecule has 3 nitrogen and oxygen atoms in total. The van der Waals surface area contributed by atoms with Crippen molar-refractivity contribution < 1.29 is 0 Å². The van der Waals surface area contributed by atoms with Crippen LogP contribution in [-0.4, -0.2) is 16.0 Å². The zero-order valence-electron chi connectivity index (χ0n) is 13.1. The summed E-state index contributed by atoms with van der Waals surface area (Å²) in [6, 6.07) is 2.63. The van der Waals surface area contributed by atoms with Crippen LogP contribution in [0.5, 0.6) is 0 Å². The normalized spacial score (nSPS) is 10.6. The van der Waals surface area contributed by atoms with E-state index in [9.17, 15) is 0 Å². The highest BCUT2D eigenvalue weighted by Crippen LogP contribution is 2.38. The van der Waals surface area contributed by atoms with Gasteiger partial charge in [0.15, 0.2) is 0 Å². The van der Waals surface area contributed by atoms with Crippen LogP contribution >= 0.6 is 22.7 Å². The molecule has 0 amide bonds. The molecule has 3 aromatic rings. The van der Waals surface area contributed by atoms with Gasteiger partial charge in [-0.1, -0.05) is 13.8 Å². The highest BCUT2D eigenvalue weighted by atomic mass is 32.1. The zero-order valence-corrected chi connectivity index (χ0v) is 14.7. The van der Waals surface area contributed by atoms with E-state index >= 15 is 0 Å². The first-order valence-corrected chi connectivity index (χ1v) is 8.89. The van der Waals surface area contributed by atoms with Crippen molar-refractivity contribution in [3.8, 4) is 9.75 Å². The molecule has 0 saturated heterocycles. The molecule has 3 aromatic heterocycles. The monoisotopic (exact) mass is 319 g/mol. The number of pyridine rings is 1. The summed E-state index contributed by atoms with van der Waals surface area (Å²) in [5.74, 6) is 0. The van der Waals surface area contributed by atoms with Crippen LogP contribution in [0.1, 0.15) is 33.3 Å². The number of thiazole rings is 1. The third-order valence-electron chi connectivity index (χ3n) is 2.86. The number of nitrogens with one attached hydrogen (secondary N) is 1. The van der Waals surface area contributed by atoms with E-state index in [0.717, 1.165) is 4.83 Å². The minimum atomic E-state index is 0.413. The molecule has 0 aliphatic heterocycles. The lowest BCUT2D eigenvalue weighted by molar-refractivity contribution is 0.899. The minimum Gasteiger partial charge on any atom is -0.382 e. The second-order valence-electron chi connectivity index (χ2n) is 4.81. The fourth-order valence-electron chi connectivity index (χ4n) is 2.03. The van der Waals surface area contributed by atoms with Gasteiger partial charge < -0.3 is 5.32 Å². The summed E-state index contributed by atoms with van der Waals surface area (Å²) in [4.78, 5) is 12.2.